The second-order valence-electron chi connectivity index (χ2n) is 4.35. The van der Waals surface area contributed by atoms with Gasteiger partial charge in [-0.05, 0) is 12.8 Å². The van der Waals surface area contributed by atoms with E-state index in [-0.39, 0.29) is 28.8 Å². The van der Waals surface area contributed by atoms with Crippen LogP contribution in [0.25, 0.3) is 0 Å². The molecule has 1 rings (SSSR count). The van der Waals surface area contributed by atoms with E-state index in [2.05, 4.69) is 15.3 Å². The van der Waals surface area contributed by atoms with Crippen molar-refractivity contribution in [1.29, 1.82) is 0 Å². The Labute approximate surface area is 112 Å². The summed E-state index contributed by atoms with van der Waals surface area (Å²) in [7, 11) is 0. The van der Waals surface area contributed by atoms with E-state index in [4.69, 9.17) is 23.1 Å². The molecule has 1 heterocycles. The second kappa shape index (κ2) is 6.06. The molecular weight excluding hydrogens is 254 g/mol. The SMILES string of the molecule is CCC(CC)(CO)CNc1nc(N)nc(Cl)c1N. The van der Waals surface area contributed by atoms with Gasteiger partial charge in [-0.3, -0.25) is 0 Å². The Hall–Kier alpha value is -1.27. The second-order valence-corrected chi connectivity index (χ2v) is 4.71. The quantitative estimate of drug-likeness (QED) is 0.585. The van der Waals surface area contributed by atoms with Crippen LogP contribution in [0.4, 0.5) is 17.5 Å². The summed E-state index contributed by atoms with van der Waals surface area (Å²) in [6, 6.07) is 0. The van der Waals surface area contributed by atoms with Crippen LogP contribution in [0, 0.1) is 5.41 Å². The van der Waals surface area contributed by atoms with Gasteiger partial charge in [-0.2, -0.15) is 9.97 Å². The van der Waals surface area contributed by atoms with Crippen molar-refractivity contribution in [3.05, 3.63) is 5.15 Å². The molecule has 0 saturated carbocycles. The van der Waals surface area contributed by atoms with Crippen molar-refractivity contribution in [3.63, 3.8) is 0 Å². The molecule has 1 aromatic heterocycles. The summed E-state index contributed by atoms with van der Waals surface area (Å²) >= 11 is 5.83. The normalized spacial score (nSPS) is 11.6. The zero-order chi connectivity index (χ0) is 13.8. The lowest BCUT2D eigenvalue weighted by atomic mass is 9.83. The molecule has 0 fully saturated rings. The summed E-state index contributed by atoms with van der Waals surface area (Å²) in [4.78, 5) is 7.76. The molecular formula is C11H20ClN5O. The average Bonchev–Trinajstić information content (AvgIpc) is 2.37. The molecule has 0 aliphatic rings. The number of nitrogens with two attached hydrogens (primary N) is 2. The van der Waals surface area contributed by atoms with E-state index < -0.39 is 0 Å². The number of nitrogens with zero attached hydrogens (tertiary/aromatic N) is 2. The van der Waals surface area contributed by atoms with Crippen molar-refractivity contribution >= 4 is 29.1 Å². The fourth-order valence-corrected chi connectivity index (χ4v) is 1.82. The Morgan fingerprint density at radius 3 is 2.39 bits per heavy atom. The van der Waals surface area contributed by atoms with Crippen molar-refractivity contribution in [3.8, 4) is 0 Å². The van der Waals surface area contributed by atoms with Gasteiger partial charge in [-0.1, -0.05) is 25.4 Å². The summed E-state index contributed by atoms with van der Waals surface area (Å²) in [5, 5.41) is 12.7. The predicted octanol–water partition coefficient (Wildman–Crippen LogP) is 1.50. The monoisotopic (exact) mass is 273 g/mol. The van der Waals surface area contributed by atoms with Crippen molar-refractivity contribution in [2.45, 2.75) is 26.7 Å². The minimum atomic E-state index is -0.196. The van der Waals surface area contributed by atoms with E-state index in [9.17, 15) is 5.11 Å². The smallest absolute Gasteiger partial charge is 0.223 e. The molecule has 0 saturated heterocycles. The molecule has 0 spiro atoms. The van der Waals surface area contributed by atoms with Crippen LogP contribution in [0.15, 0.2) is 0 Å². The van der Waals surface area contributed by atoms with Crippen LogP contribution in [0.1, 0.15) is 26.7 Å². The molecule has 0 atom stereocenters. The van der Waals surface area contributed by atoms with Gasteiger partial charge in [0.15, 0.2) is 11.0 Å². The van der Waals surface area contributed by atoms with Crippen LogP contribution in [0.5, 0.6) is 0 Å². The lowest BCUT2D eigenvalue weighted by molar-refractivity contribution is 0.127. The Morgan fingerprint density at radius 2 is 1.89 bits per heavy atom. The third-order valence-electron chi connectivity index (χ3n) is 3.38. The molecule has 0 bridgehead atoms. The van der Waals surface area contributed by atoms with Crippen LogP contribution in [-0.4, -0.2) is 28.2 Å². The number of nitrogen functional groups attached to an aromatic ring is 2. The topological polar surface area (TPSA) is 110 Å². The summed E-state index contributed by atoms with van der Waals surface area (Å²) < 4.78 is 0. The van der Waals surface area contributed by atoms with Gasteiger partial charge < -0.3 is 21.9 Å². The number of nitrogens with one attached hydrogen (secondary N) is 1. The first kappa shape index (κ1) is 14.8. The number of halogens is 1. The Bertz CT molecular complexity index is 400. The maximum absolute atomic E-state index is 9.48. The number of anilines is 3. The van der Waals surface area contributed by atoms with E-state index in [0.717, 1.165) is 12.8 Å². The minimum Gasteiger partial charge on any atom is -0.396 e. The fourth-order valence-electron chi connectivity index (χ4n) is 1.64. The van der Waals surface area contributed by atoms with E-state index in [0.29, 0.717) is 12.4 Å². The molecule has 0 amide bonds. The molecule has 18 heavy (non-hydrogen) atoms. The molecule has 102 valence electrons. The molecule has 1 aromatic rings. The van der Waals surface area contributed by atoms with Gasteiger partial charge in [-0.15, -0.1) is 0 Å². The van der Waals surface area contributed by atoms with Gasteiger partial charge in [0.25, 0.3) is 0 Å². The molecule has 6 N–H and O–H groups in total. The lowest BCUT2D eigenvalue weighted by Crippen LogP contribution is -2.32. The highest BCUT2D eigenvalue weighted by atomic mass is 35.5. The van der Waals surface area contributed by atoms with Crippen LogP contribution in [0.3, 0.4) is 0 Å². The first-order chi connectivity index (χ1) is 8.48. The highest BCUT2D eigenvalue weighted by Crippen LogP contribution is 2.29. The third kappa shape index (κ3) is 3.14. The molecule has 7 heteroatoms. The summed E-state index contributed by atoms with van der Waals surface area (Å²) in [6.45, 7) is 4.72. The van der Waals surface area contributed by atoms with Crippen LogP contribution < -0.4 is 16.8 Å². The van der Waals surface area contributed by atoms with Gasteiger partial charge in [-0.25, -0.2) is 0 Å². The number of aromatic nitrogens is 2. The van der Waals surface area contributed by atoms with E-state index in [1.54, 1.807) is 0 Å². The first-order valence-corrected chi connectivity index (χ1v) is 6.29. The molecule has 6 nitrogen and oxygen atoms in total. The summed E-state index contributed by atoms with van der Waals surface area (Å²) in [6.07, 6.45) is 1.70. The number of hydrogen-bond acceptors (Lipinski definition) is 6. The zero-order valence-electron chi connectivity index (χ0n) is 10.7. The standard InChI is InChI=1S/C11H20ClN5O/c1-3-11(4-2,6-18)5-15-9-7(13)8(12)16-10(14)17-9/h18H,3-6,13H2,1-2H3,(H3,14,15,16,17). The van der Waals surface area contributed by atoms with Crippen molar-refractivity contribution in [2.75, 3.05) is 29.9 Å². The Morgan fingerprint density at radius 1 is 1.28 bits per heavy atom. The minimum absolute atomic E-state index is 0.0688. The van der Waals surface area contributed by atoms with E-state index >= 15 is 0 Å². The first-order valence-electron chi connectivity index (χ1n) is 5.91. The number of aliphatic hydroxyl groups excluding tert-OH is 1. The molecule has 0 unspecified atom stereocenters. The van der Waals surface area contributed by atoms with Crippen molar-refractivity contribution < 1.29 is 5.11 Å². The van der Waals surface area contributed by atoms with Gasteiger partial charge in [0.2, 0.25) is 5.95 Å². The largest absolute Gasteiger partial charge is 0.396 e. The number of aliphatic hydroxyl groups is 1. The fraction of sp³-hybridized carbons (Fsp3) is 0.636. The van der Waals surface area contributed by atoms with Crippen molar-refractivity contribution in [2.24, 2.45) is 5.41 Å². The van der Waals surface area contributed by atoms with Gasteiger partial charge in [0.05, 0.1) is 6.61 Å². The highest BCUT2D eigenvalue weighted by Gasteiger charge is 2.25. The molecule has 0 aromatic carbocycles. The number of hydrogen-bond donors (Lipinski definition) is 4. The van der Waals surface area contributed by atoms with Gasteiger partial charge in [0, 0.05) is 12.0 Å². The average molecular weight is 274 g/mol. The predicted molar refractivity (Wildman–Crippen MR) is 74.5 cm³/mol. The number of rotatable bonds is 6. The van der Waals surface area contributed by atoms with E-state index in [1.165, 1.54) is 0 Å². The van der Waals surface area contributed by atoms with E-state index in [1.807, 2.05) is 13.8 Å². The Balaban J connectivity index is 2.86. The molecule has 0 aliphatic heterocycles. The summed E-state index contributed by atoms with van der Waals surface area (Å²) in [5.74, 6) is 0.478. The van der Waals surface area contributed by atoms with Crippen molar-refractivity contribution in [1.82, 2.24) is 9.97 Å². The molecule has 0 aliphatic carbocycles. The summed E-state index contributed by atoms with van der Waals surface area (Å²) in [5.41, 5.74) is 11.4. The molecule has 0 radical (unpaired) electrons. The third-order valence-corrected chi connectivity index (χ3v) is 3.67. The maximum atomic E-state index is 9.48. The van der Waals surface area contributed by atoms with Gasteiger partial charge in [0.1, 0.15) is 5.69 Å². The van der Waals surface area contributed by atoms with Crippen LogP contribution in [-0.2, 0) is 0 Å². The van der Waals surface area contributed by atoms with Gasteiger partial charge >= 0.3 is 0 Å². The highest BCUT2D eigenvalue weighted by molar-refractivity contribution is 6.32. The van der Waals surface area contributed by atoms with Crippen LogP contribution in [0.2, 0.25) is 5.15 Å². The van der Waals surface area contributed by atoms with Crippen LogP contribution >= 0.6 is 11.6 Å². The Kier molecular flexibility index (Phi) is 4.98. The maximum Gasteiger partial charge on any atom is 0.223 e. The zero-order valence-corrected chi connectivity index (χ0v) is 11.5. The lowest BCUT2D eigenvalue weighted by Gasteiger charge is -2.30.